The lowest BCUT2D eigenvalue weighted by molar-refractivity contribution is -0.0498. The van der Waals surface area contributed by atoms with Gasteiger partial charge in [0.25, 0.3) is 0 Å². The number of hydrogen-bond acceptors (Lipinski definition) is 2. The average molecular weight is 281 g/mol. The van der Waals surface area contributed by atoms with Gasteiger partial charge in [0.1, 0.15) is 5.75 Å². The number of ether oxygens (including phenoxy) is 1. The number of hydrogen-bond donors (Lipinski definition) is 1. The minimum Gasteiger partial charge on any atom is -0.435 e. The van der Waals surface area contributed by atoms with Gasteiger partial charge in [0, 0.05) is 18.3 Å². The maximum atomic E-state index is 12.2. The van der Waals surface area contributed by atoms with E-state index < -0.39 is 6.61 Å². The van der Waals surface area contributed by atoms with Gasteiger partial charge in [0.05, 0.1) is 0 Å². The summed E-state index contributed by atoms with van der Waals surface area (Å²) in [5.41, 5.74) is 2.26. The number of allylic oxidation sites excluding steroid dienone is 2. The third-order valence-corrected chi connectivity index (χ3v) is 3.54. The van der Waals surface area contributed by atoms with Crippen LogP contribution in [0.2, 0.25) is 0 Å². The lowest BCUT2D eigenvalue weighted by atomic mass is 9.84. The second-order valence-corrected chi connectivity index (χ2v) is 5.58. The molecule has 2 atom stereocenters. The first-order valence-electron chi connectivity index (χ1n) is 6.99. The summed E-state index contributed by atoms with van der Waals surface area (Å²) in [6.45, 7) is 2.47. The van der Waals surface area contributed by atoms with E-state index in [4.69, 9.17) is 0 Å². The summed E-state index contributed by atoms with van der Waals surface area (Å²) in [6.07, 6.45) is 4.59. The van der Waals surface area contributed by atoms with Crippen molar-refractivity contribution in [3.63, 3.8) is 0 Å². The lowest BCUT2D eigenvalue weighted by Crippen LogP contribution is -2.20. The molecule has 2 unspecified atom stereocenters. The van der Waals surface area contributed by atoms with Gasteiger partial charge < -0.3 is 10.1 Å². The van der Waals surface area contributed by atoms with Crippen molar-refractivity contribution in [1.29, 1.82) is 0 Å². The zero-order valence-corrected chi connectivity index (χ0v) is 11.9. The van der Waals surface area contributed by atoms with Crippen LogP contribution in [0.4, 0.5) is 14.5 Å². The summed E-state index contributed by atoms with van der Waals surface area (Å²) in [5.74, 6) is 1.40. The van der Waals surface area contributed by atoms with Crippen LogP contribution in [0.3, 0.4) is 0 Å². The molecule has 1 aliphatic rings. The first-order chi connectivity index (χ1) is 9.52. The largest absolute Gasteiger partial charge is 0.435 e. The van der Waals surface area contributed by atoms with Gasteiger partial charge in [-0.1, -0.05) is 24.6 Å². The van der Waals surface area contributed by atoms with Crippen LogP contribution in [0.25, 0.3) is 0 Å². The summed E-state index contributed by atoms with van der Waals surface area (Å²) in [4.78, 5) is 0. The Morgan fingerprint density at radius 1 is 1.40 bits per heavy atom. The van der Waals surface area contributed by atoms with E-state index in [1.165, 1.54) is 11.6 Å². The molecule has 1 aromatic rings. The zero-order valence-electron chi connectivity index (χ0n) is 11.9. The molecule has 20 heavy (non-hydrogen) atoms. The minimum atomic E-state index is -2.78. The summed E-state index contributed by atoms with van der Waals surface area (Å²) in [6, 6.07) is 6.73. The fourth-order valence-electron chi connectivity index (χ4n) is 2.89. The fourth-order valence-corrected chi connectivity index (χ4v) is 2.89. The van der Waals surface area contributed by atoms with Crippen molar-refractivity contribution in [2.24, 2.45) is 11.8 Å². The smallest absolute Gasteiger partial charge is 0.387 e. The Kier molecular flexibility index (Phi) is 4.99. The second kappa shape index (κ2) is 6.73. The number of rotatable bonds is 5. The van der Waals surface area contributed by atoms with Crippen molar-refractivity contribution in [2.75, 3.05) is 11.9 Å². The molecule has 1 aromatic carbocycles. The van der Waals surface area contributed by atoms with Crippen LogP contribution in [0.5, 0.6) is 5.75 Å². The Morgan fingerprint density at radius 2 is 2.20 bits per heavy atom. The van der Waals surface area contributed by atoms with Gasteiger partial charge in [-0.15, -0.1) is 0 Å². The zero-order chi connectivity index (χ0) is 14.5. The molecule has 0 aliphatic heterocycles. The molecular formula is C16H21F2NO. The lowest BCUT2D eigenvalue weighted by Gasteiger charge is -2.26. The molecule has 0 spiro atoms. The molecule has 0 saturated heterocycles. The quantitative estimate of drug-likeness (QED) is 0.790. The van der Waals surface area contributed by atoms with Crippen LogP contribution in [-0.4, -0.2) is 13.2 Å². The van der Waals surface area contributed by atoms with E-state index in [1.54, 1.807) is 12.1 Å². The van der Waals surface area contributed by atoms with Gasteiger partial charge in [-0.2, -0.15) is 8.78 Å². The molecule has 110 valence electrons. The molecule has 2 rings (SSSR count). The van der Waals surface area contributed by atoms with Crippen LogP contribution in [0.1, 0.15) is 26.7 Å². The number of benzene rings is 1. The summed E-state index contributed by atoms with van der Waals surface area (Å²) in [7, 11) is 0. The van der Waals surface area contributed by atoms with Gasteiger partial charge in [-0.25, -0.2) is 0 Å². The Morgan fingerprint density at radius 3 is 2.90 bits per heavy atom. The summed E-state index contributed by atoms with van der Waals surface area (Å²) < 4.78 is 28.7. The van der Waals surface area contributed by atoms with Crippen LogP contribution >= 0.6 is 0 Å². The standard InChI is InChI=1S/C16H21F2NO/c1-11-6-12(2)8-13(7-11)10-19-14-4-3-5-15(9-14)20-16(17)18/h3-6,9,11,13,16,19H,7-8,10H2,1-2H3. The summed E-state index contributed by atoms with van der Waals surface area (Å²) >= 11 is 0. The SMILES string of the molecule is CC1=CC(C)CC(CNc2cccc(OC(F)F)c2)C1. The highest BCUT2D eigenvalue weighted by atomic mass is 19.3. The Balaban J connectivity index is 1.89. The van der Waals surface area contributed by atoms with Gasteiger partial charge in [0.2, 0.25) is 0 Å². The first kappa shape index (κ1) is 14.8. The molecule has 0 bridgehead atoms. The third-order valence-electron chi connectivity index (χ3n) is 3.54. The molecule has 4 heteroatoms. The molecule has 1 aliphatic carbocycles. The molecule has 0 aromatic heterocycles. The molecule has 1 N–H and O–H groups in total. The number of nitrogens with one attached hydrogen (secondary N) is 1. The van der Waals surface area contributed by atoms with E-state index in [0.29, 0.717) is 11.8 Å². The first-order valence-corrected chi connectivity index (χ1v) is 6.99. The van der Waals surface area contributed by atoms with E-state index in [0.717, 1.165) is 25.1 Å². The molecule has 2 nitrogen and oxygen atoms in total. The van der Waals surface area contributed by atoms with E-state index in [9.17, 15) is 8.78 Å². The van der Waals surface area contributed by atoms with Crippen molar-refractivity contribution in [3.05, 3.63) is 35.9 Å². The van der Waals surface area contributed by atoms with Crippen molar-refractivity contribution in [1.82, 2.24) is 0 Å². The summed E-state index contributed by atoms with van der Waals surface area (Å²) in [5, 5.41) is 3.32. The second-order valence-electron chi connectivity index (χ2n) is 5.58. The third kappa shape index (κ3) is 4.51. The normalized spacial score (nSPS) is 22.6. The maximum absolute atomic E-state index is 12.2. The highest BCUT2D eigenvalue weighted by Gasteiger charge is 2.17. The maximum Gasteiger partial charge on any atom is 0.387 e. The number of anilines is 1. The van der Waals surface area contributed by atoms with Crippen molar-refractivity contribution in [3.8, 4) is 5.75 Å². The van der Waals surface area contributed by atoms with Crippen LogP contribution in [-0.2, 0) is 0 Å². The molecule has 0 fully saturated rings. The van der Waals surface area contributed by atoms with E-state index in [-0.39, 0.29) is 5.75 Å². The Hall–Kier alpha value is -1.58. The highest BCUT2D eigenvalue weighted by molar-refractivity contribution is 5.48. The predicted octanol–water partition coefficient (Wildman–Crippen LogP) is 4.69. The molecule has 0 amide bonds. The van der Waals surface area contributed by atoms with E-state index in [1.807, 2.05) is 6.07 Å². The van der Waals surface area contributed by atoms with Crippen LogP contribution < -0.4 is 10.1 Å². The van der Waals surface area contributed by atoms with E-state index >= 15 is 0 Å². The minimum absolute atomic E-state index is 0.193. The molecule has 0 radical (unpaired) electrons. The van der Waals surface area contributed by atoms with Crippen molar-refractivity contribution >= 4 is 5.69 Å². The van der Waals surface area contributed by atoms with Crippen LogP contribution in [0.15, 0.2) is 35.9 Å². The molecular weight excluding hydrogens is 260 g/mol. The van der Waals surface area contributed by atoms with E-state index in [2.05, 4.69) is 30.0 Å². The van der Waals surface area contributed by atoms with Crippen molar-refractivity contribution in [2.45, 2.75) is 33.3 Å². The highest BCUT2D eigenvalue weighted by Crippen LogP contribution is 2.28. The van der Waals surface area contributed by atoms with Gasteiger partial charge in [-0.05, 0) is 43.7 Å². The topological polar surface area (TPSA) is 21.3 Å². The Labute approximate surface area is 118 Å². The van der Waals surface area contributed by atoms with Gasteiger partial charge >= 0.3 is 6.61 Å². The average Bonchev–Trinajstić information content (AvgIpc) is 2.35. The van der Waals surface area contributed by atoms with Crippen LogP contribution in [0, 0.1) is 11.8 Å². The Bertz CT molecular complexity index is 473. The van der Waals surface area contributed by atoms with Gasteiger partial charge in [0.15, 0.2) is 0 Å². The molecule has 0 heterocycles. The van der Waals surface area contributed by atoms with Crippen molar-refractivity contribution < 1.29 is 13.5 Å². The predicted molar refractivity (Wildman–Crippen MR) is 77.2 cm³/mol. The van der Waals surface area contributed by atoms with Gasteiger partial charge in [-0.3, -0.25) is 0 Å². The fraction of sp³-hybridized carbons (Fsp3) is 0.500. The number of alkyl halides is 2. The monoisotopic (exact) mass is 281 g/mol. The molecule has 0 saturated carbocycles. The number of halogens is 2.